The Labute approximate surface area is 151 Å². The van der Waals surface area contributed by atoms with E-state index in [1.54, 1.807) is 12.4 Å². The number of nitrogens with zero attached hydrogens (tertiary/aromatic N) is 4. The number of nitrogens with one attached hydrogen (secondary N) is 1. The quantitative estimate of drug-likeness (QED) is 0.891. The summed E-state index contributed by atoms with van der Waals surface area (Å²) in [6, 6.07) is 0. The van der Waals surface area contributed by atoms with Crippen LogP contribution in [0.2, 0.25) is 0 Å². The molecule has 1 amide bonds. The fourth-order valence-corrected chi connectivity index (χ4v) is 4.60. The zero-order valence-electron chi connectivity index (χ0n) is 14.3. The zero-order chi connectivity index (χ0) is 17.1. The maximum atomic E-state index is 12.4. The highest BCUT2D eigenvalue weighted by atomic mass is 32.1. The molecule has 0 saturated carbocycles. The third-order valence-corrected chi connectivity index (χ3v) is 6.00. The van der Waals surface area contributed by atoms with Crippen LogP contribution >= 0.6 is 11.3 Å². The zero-order valence-corrected chi connectivity index (χ0v) is 15.1. The number of carbonyl (C=O) groups excluding carboxylic acids is 1. The second-order valence-corrected chi connectivity index (χ2v) is 7.82. The summed E-state index contributed by atoms with van der Waals surface area (Å²) in [6.07, 6.45) is 11.1. The van der Waals surface area contributed by atoms with Crippen molar-refractivity contribution in [1.29, 1.82) is 0 Å². The van der Waals surface area contributed by atoms with Gasteiger partial charge in [-0.2, -0.15) is 0 Å². The number of carbonyl (C=O) groups is 1. The molecule has 3 heterocycles. The van der Waals surface area contributed by atoms with Crippen molar-refractivity contribution in [3.8, 4) is 0 Å². The van der Waals surface area contributed by atoms with E-state index in [1.807, 2.05) is 16.2 Å². The van der Waals surface area contributed by atoms with Gasteiger partial charge in [-0.15, -0.1) is 11.3 Å². The van der Waals surface area contributed by atoms with Crippen molar-refractivity contribution in [3.05, 3.63) is 33.7 Å². The smallest absolute Gasteiger partial charge is 0.274 e. The maximum Gasteiger partial charge on any atom is 0.274 e. The number of thiazole rings is 1. The van der Waals surface area contributed by atoms with Crippen molar-refractivity contribution in [2.24, 2.45) is 0 Å². The third kappa shape index (κ3) is 3.81. The van der Waals surface area contributed by atoms with Crippen LogP contribution in [0.5, 0.6) is 0 Å². The van der Waals surface area contributed by atoms with E-state index >= 15 is 0 Å². The standard InChI is InChI=1S/C18H23N5OS/c24-18(23-9-3-4-10-23)14-11-19-12-16(21-14)20-8-7-17-22-13-5-1-2-6-15(13)25-17/h11-12H,1-10H2,(H,20,21). The normalized spacial score (nSPS) is 16.7. The number of anilines is 1. The molecular formula is C18H23N5OS. The van der Waals surface area contributed by atoms with Gasteiger partial charge in [0.25, 0.3) is 5.91 Å². The Kier molecular flexibility index (Phi) is 4.92. The van der Waals surface area contributed by atoms with Gasteiger partial charge in [0.2, 0.25) is 0 Å². The highest BCUT2D eigenvalue weighted by Gasteiger charge is 2.21. The van der Waals surface area contributed by atoms with Gasteiger partial charge in [0.05, 0.1) is 23.1 Å². The van der Waals surface area contributed by atoms with Crippen molar-refractivity contribution >= 4 is 23.1 Å². The summed E-state index contributed by atoms with van der Waals surface area (Å²) >= 11 is 1.85. The van der Waals surface area contributed by atoms with E-state index in [-0.39, 0.29) is 5.91 Å². The monoisotopic (exact) mass is 357 g/mol. The molecule has 25 heavy (non-hydrogen) atoms. The summed E-state index contributed by atoms with van der Waals surface area (Å²) in [4.78, 5) is 29.1. The molecule has 0 atom stereocenters. The molecule has 1 saturated heterocycles. The van der Waals surface area contributed by atoms with Gasteiger partial charge in [0.15, 0.2) is 0 Å². The van der Waals surface area contributed by atoms with E-state index in [2.05, 4.69) is 15.3 Å². The van der Waals surface area contributed by atoms with Crippen molar-refractivity contribution < 1.29 is 4.79 Å². The molecule has 4 rings (SSSR count). The van der Waals surface area contributed by atoms with E-state index in [9.17, 15) is 4.79 Å². The van der Waals surface area contributed by atoms with Gasteiger partial charge in [0.1, 0.15) is 11.5 Å². The minimum atomic E-state index is -0.0127. The Morgan fingerprint density at radius 3 is 2.80 bits per heavy atom. The summed E-state index contributed by atoms with van der Waals surface area (Å²) in [5.74, 6) is 0.646. The Morgan fingerprint density at radius 2 is 1.96 bits per heavy atom. The molecule has 132 valence electrons. The van der Waals surface area contributed by atoms with E-state index in [4.69, 9.17) is 4.98 Å². The van der Waals surface area contributed by atoms with Gasteiger partial charge in [-0.25, -0.2) is 9.97 Å². The van der Waals surface area contributed by atoms with Crippen LogP contribution in [0, 0.1) is 0 Å². The average Bonchev–Trinajstić information content (AvgIpc) is 3.31. The lowest BCUT2D eigenvalue weighted by atomic mass is 10.0. The first kappa shape index (κ1) is 16.4. The number of amides is 1. The molecular weight excluding hydrogens is 334 g/mol. The molecule has 2 aliphatic rings. The predicted octanol–water partition coefficient (Wildman–Crippen LogP) is 2.70. The Morgan fingerprint density at radius 1 is 1.12 bits per heavy atom. The molecule has 0 unspecified atom stereocenters. The molecule has 1 aliphatic carbocycles. The minimum Gasteiger partial charge on any atom is -0.368 e. The van der Waals surface area contributed by atoms with E-state index in [0.717, 1.165) is 45.3 Å². The van der Waals surface area contributed by atoms with Crippen LogP contribution < -0.4 is 5.32 Å². The van der Waals surface area contributed by atoms with Crippen LogP contribution in [-0.2, 0) is 19.3 Å². The predicted molar refractivity (Wildman–Crippen MR) is 98.1 cm³/mol. The number of rotatable bonds is 5. The molecule has 2 aromatic heterocycles. The number of hydrogen-bond donors (Lipinski definition) is 1. The highest BCUT2D eigenvalue weighted by Crippen LogP contribution is 2.26. The second-order valence-electron chi connectivity index (χ2n) is 6.65. The van der Waals surface area contributed by atoms with Gasteiger partial charge in [-0.05, 0) is 38.5 Å². The lowest BCUT2D eigenvalue weighted by molar-refractivity contribution is 0.0786. The van der Waals surface area contributed by atoms with Crippen molar-refractivity contribution in [1.82, 2.24) is 19.9 Å². The fraction of sp³-hybridized carbons (Fsp3) is 0.556. The van der Waals surface area contributed by atoms with Crippen LogP contribution in [0.15, 0.2) is 12.4 Å². The number of likely N-dealkylation sites (tertiary alicyclic amines) is 1. The van der Waals surface area contributed by atoms with Gasteiger partial charge in [0, 0.05) is 30.9 Å². The Hall–Kier alpha value is -2.02. The van der Waals surface area contributed by atoms with Crippen molar-refractivity contribution in [3.63, 3.8) is 0 Å². The SMILES string of the molecule is O=C(c1cncc(NCCc2nc3c(s2)CCCC3)n1)N1CCCC1. The van der Waals surface area contributed by atoms with Crippen LogP contribution in [0.4, 0.5) is 5.82 Å². The first-order valence-electron chi connectivity index (χ1n) is 9.12. The van der Waals surface area contributed by atoms with E-state index in [1.165, 1.54) is 34.8 Å². The van der Waals surface area contributed by atoms with Crippen LogP contribution in [0.3, 0.4) is 0 Å². The van der Waals surface area contributed by atoms with Crippen LogP contribution in [0.1, 0.15) is 51.8 Å². The molecule has 1 fully saturated rings. The van der Waals surface area contributed by atoms with Gasteiger partial charge in [-0.1, -0.05) is 0 Å². The molecule has 0 aromatic carbocycles. The first-order chi connectivity index (χ1) is 12.3. The molecule has 0 radical (unpaired) electrons. The molecule has 2 aromatic rings. The lowest BCUT2D eigenvalue weighted by Crippen LogP contribution is -2.28. The van der Waals surface area contributed by atoms with E-state index in [0.29, 0.717) is 11.5 Å². The van der Waals surface area contributed by atoms with Gasteiger partial charge >= 0.3 is 0 Å². The largest absolute Gasteiger partial charge is 0.368 e. The minimum absolute atomic E-state index is 0.0127. The fourth-order valence-electron chi connectivity index (χ4n) is 3.45. The van der Waals surface area contributed by atoms with Gasteiger partial charge in [-0.3, -0.25) is 9.78 Å². The summed E-state index contributed by atoms with van der Waals surface area (Å²) in [7, 11) is 0. The number of aryl methyl sites for hydroxylation is 2. The Bertz CT molecular complexity index is 730. The lowest BCUT2D eigenvalue weighted by Gasteiger charge is -2.14. The molecule has 0 bridgehead atoms. The third-order valence-electron chi connectivity index (χ3n) is 4.78. The molecule has 1 N–H and O–H groups in total. The maximum absolute atomic E-state index is 12.4. The van der Waals surface area contributed by atoms with E-state index < -0.39 is 0 Å². The molecule has 6 nitrogen and oxygen atoms in total. The topological polar surface area (TPSA) is 71.0 Å². The van der Waals surface area contributed by atoms with Crippen LogP contribution in [-0.4, -0.2) is 45.4 Å². The summed E-state index contributed by atoms with van der Waals surface area (Å²) < 4.78 is 0. The highest BCUT2D eigenvalue weighted by molar-refractivity contribution is 7.11. The van der Waals surface area contributed by atoms with Crippen molar-refractivity contribution in [2.75, 3.05) is 25.0 Å². The summed E-state index contributed by atoms with van der Waals surface area (Å²) in [5.41, 5.74) is 1.74. The second kappa shape index (κ2) is 7.47. The van der Waals surface area contributed by atoms with Crippen molar-refractivity contribution in [2.45, 2.75) is 44.9 Å². The molecule has 7 heteroatoms. The average molecular weight is 357 g/mol. The first-order valence-corrected chi connectivity index (χ1v) is 9.94. The number of aromatic nitrogens is 3. The van der Waals surface area contributed by atoms with Gasteiger partial charge < -0.3 is 10.2 Å². The number of fused-ring (bicyclic) bond motifs is 1. The molecule has 0 spiro atoms. The summed E-state index contributed by atoms with van der Waals surface area (Å²) in [5, 5.41) is 4.47. The Balaban J connectivity index is 1.34. The number of hydrogen-bond acceptors (Lipinski definition) is 6. The molecule has 1 aliphatic heterocycles. The van der Waals surface area contributed by atoms with Crippen LogP contribution in [0.25, 0.3) is 0 Å². The summed E-state index contributed by atoms with van der Waals surface area (Å²) in [6.45, 7) is 2.40.